The van der Waals surface area contributed by atoms with E-state index in [1.165, 1.54) is 0 Å². The zero-order chi connectivity index (χ0) is 17.1. The number of H-pyrrole nitrogens is 1. The average Bonchev–Trinajstić information content (AvgIpc) is 2.91. The van der Waals surface area contributed by atoms with Crippen LogP contribution in [0.2, 0.25) is 5.02 Å². The van der Waals surface area contributed by atoms with E-state index in [0.717, 1.165) is 26.6 Å². The first-order chi connectivity index (χ1) is 11.6. The van der Waals surface area contributed by atoms with Gasteiger partial charge in [-0.3, -0.25) is 4.79 Å². The van der Waals surface area contributed by atoms with Crippen molar-refractivity contribution in [3.05, 3.63) is 63.2 Å². The number of halogens is 2. The number of aliphatic hydroxyl groups excluding tert-OH is 1. The standard InChI is InChI=1S/C18H14BrClN2O2/c19-12-4-7-14-16(9-12)21-15(18(14)22-17(24)10-23)8-3-11-1-5-13(20)6-2-11/h1-9,21,23H,10H2,(H,22,24). The van der Waals surface area contributed by atoms with Gasteiger partial charge in [0.1, 0.15) is 6.61 Å². The summed E-state index contributed by atoms with van der Waals surface area (Å²) in [7, 11) is 0. The highest BCUT2D eigenvalue weighted by Crippen LogP contribution is 2.31. The first-order valence-electron chi connectivity index (χ1n) is 7.22. The summed E-state index contributed by atoms with van der Waals surface area (Å²) in [5, 5.41) is 13.3. The molecule has 0 fully saturated rings. The van der Waals surface area contributed by atoms with E-state index in [9.17, 15) is 4.79 Å². The Hall–Kier alpha value is -2.08. The van der Waals surface area contributed by atoms with Gasteiger partial charge in [0, 0.05) is 20.4 Å². The molecule has 0 aliphatic carbocycles. The predicted octanol–water partition coefficient (Wildman–Crippen LogP) is 4.69. The Bertz CT molecular complexity index is 917. The van der Waals surface area contributed by atoms with Crippen LogP contribution in [-0.2, 0) is 4.79 Å². The molecule has 122 valence electrons. The number of rotatable bonds is 4. The van der Waals surface area contributed by atoms with E-state index in [1.54, 1.807) is 0 Å². The number of nitrogens with one attached hydrogen (secondary N) is 2. The van der Waals surface area contributed by atoms with Gasteiger partial charge in [-0.2, -0.15) is 0 Å². The van der Waals surface area contributed by atoms with Crippen molar-refractivity contribution in [3.8, 4) is 0 Å². The maximum atomic E-state index is 11.6. The summed E-state index contributed by atoms with van der Waals surface area (Å²) in [5.41, 5.74) is 3.26. The fraction of sp³-hybridized carbons (Fsp3) is 0.0556. The summed E-state index contributed by atoms with van der Waals surface area (Å²) in [5.74, 6) is -0.458. The van der Waals surface area contributed by atoms with Gasteiger partial charge in [0.05, 0.1) is 11.4 Å². The van der Waals surface area contributed by atoms with Crippen LogP contribution in [0.5, 0.6) is 0 Å². The van der Waals surface area contributed by atoms with Crippen molar-refractivity contribution in [2.75, 3.05) is 11.9 Å². The Kier molecular flexibility index (Phi) is 5.04. The third-order valence-corrected chi connectivity index (χ3v) is 4.26. The molecule has 0 bridgehead atoms. The maximum Gasteiger partial charge on any atom is 0.250 e. The first kappa shape index (κ1) is 16.8. The third-order valence-electron chi connectivity index (χ3n) is 3.51. The molecule has 0 saturated heterocycles. The molecule has 3 rings (SSSR count). The van der Waals surface area contributed by atoms with E-state index in [1.807, 2.05) is 54.6 Å². The number of fused-ring (bicyclic) bond motifs is 1. The van der Waals surface area contributed by atoms with Crippen LogP contribution in [0.3, 0.4) is 0 Å². The molecule has 0 aliphatic rings. The molecule has 0 atom stereocenters. The van der Waals surface area contributed by atoms with Gasteiger partial charge in [0.2, 0.25) is 5.91 Å². The zero-order valence-corrected chi connectivity index (χ0v) is 14.9. The minimum atomic E-state index is -0.566. The second kappa shape index (κ2) is 7.21. The number of benzene rings is 2. The minimum absolute atomic E-state index is 0.458. The largest absolute Gasteiger partial charge is 0.387 e. The predicted molar refractivity (Wildman–Crippen MR) is 102 cm³/mol. The molecule has 2 aromatic carbocycles. The maximum absolute atomic E-state index is 11.6. The topological polar surface area (TPSA) is 65.1 Å². The van der Waals surface area contributed by atoms with E-state index in [2.05, 4.69) is 26.2 Å². The monoisotopic (exact) mass is 404 g/mol. The molecule has 6 heteroatoms. The van der Waals surface area contributed by atoms with Gasteiger partial charge >= 0.3 is 0 Å². The van der Waals surface area contributed by atoms with Crippen LogP contribution in [0.15, 0.2) is 46.9 Å². The summed E-state index contributed by atoms with van der Waals surface area (Å²) in [4.78, 5) is 14.9. The van der Waals surface area contributed by atoms with Crippen molar-refractivity contribution >= 4 is 62.2 Å². The van der Waals surface area contributed by atoms with Crippen molar-refractivity contribution in [1.82, 2.24) is 4.98 Å². The molecule has 3 aromatic rings. The molecular formula is C18H14BrClN2O2. The highest BCUT2D eigenvalue weighted by molar-refractivity contribution is 9.10. The van der Waals surface area contributed by atoms with E-state index < -0.39 is 12.5 Å². The summed E-state index contributed by atoms with van der Waals surface area (Å²) in [6, 6.07) is 13.2. The Morgan fingerprint density at radius 2 is 1.96 bits per heavy atom. The second-order valence-electron chi connectivity index (χ2n) is 5.19. The summed E-state index contributed by atoms with van der Waals surface area (Å²) in [6.45, 7) is -0.566. The first-order valence-corrected chi connectivity index (χ1v) is 8.39. The Labute approximate surface area is 152 Å². The Balaban J connectivity index is 2.03. The average molecular weight is 406 g/mol. The quantitative estimate of drug-likeness (QED) is 0.590. The van der Waals surface area contributed by atoms with Crippen LogP contribution in [0.25, 0.3) is 23.1 Å². The van der Waals surface area contributed by atoms with Crippen molar-refractivity contribution in [2.45, 2.75) is 0 Å². The van der Waals surface area contributed by atoms with Gasteiger partial charge in [-0.1, -0.05) is 45.7 Å². The molecule has 0 aliphatic heterocycles. The molecule has 0 spiro atoms. The van der Waals surface area contributed by atoms with E-state index in [0.29, 0.717) is 10.7 Å². The molecule has 1 amide bonds. The molecule has 3 N–H and O–H groups in total. The Morgan fingerprint density at radius 1 is 1.21 bits per heavy atom. The molecule has 0 saturated carbocycles. The van der Waals surface area contributed by atoms with Crippen LogP contribution in [0.1, 0.15) is 11.3 Å². The van der Waals surface area contributed by atoms with E-state index in [-0.39, 0.29) is 0 Å². The lowest BCUT2D eigenvalue weighted by atomic mass is 10.1. The van der Waals surface area contributed by atoms with Crippen LogP contribution in [0.4, 0.5) is 5.69 Å². The van der Waals surface area contributed by atoms with E-state index in [4.69, 9.17) is 16.7 Å². The number of aromatic nitrogens is 1. The fourth-order valence-corrected chi connectivity index (χ4v) is 2.87. The Morgan fingerprint density at radius 3 is 2.67 bits per heavy atom. The SMILES string of the molecule is O=C(CO)Nc1c(C=Cc2ccc(Cl)cc2)[nH]c2cc(Br)ccc12. The summed E-state index contributed by atoms with van der Waals surface area (Å²) < 4.78 is 0.935. The number of amides is 1. The van der Waals surface area contributed by atoms with Crippen LogP contribution >= 0.6 is 27.5 Å². The smallest absolute Gasteiger partial charge is 0.250 e. The molecular weight excluding hydrogens is 392 g/mol. The lowest BCUT2D eigenvalue weighted by molar-refractivity contribution is -0.118. The van der Waals surface area contributed by atoms with Gasteiger partial charge in [0.15, 0.2) is 0 Å². The molecule has 0 unspecified atom stereocenters. The van der Waals surface area contributed by atoms with Crippen LogP contribution in [0, 0.1) is 0 Å². The van der Waals surface area contributed by atoms with Gasteiger partial charge < -0.3 is 15.4 Å². The number of aliphatic hydroxyl groups is 1. The van der Waals surface area contributed by atoms with Gasteiger partial charge in [-0.05, 0) is 42.0 Å². The highest BCUT2D eigenvalue weighted by Gasteiger charge is 2.12. The van der Waals surface area contributed by atoms with Crippen LogP contribution in [-0.4, -0.2) is 22.6 Å². The van der Waals surface area contributed by atoms with Crippen molar-refractivity contribution in [2.24, 2.45) is 0 Å². The molecule has 1 heterocycles. The normalized spacial score (nSPS) is 11.3. The fourth-order valence-electron chi connectivity index (χ4n) is 2.38. The number of hydrogen-bond donors (Lipinski definition) is 3. The van der Waals surface area contributed by atoms with Gasteiger partial charge in [0.25, 0.3) is 0 Å². The highest BCUT2D eigenvalue weighted by atomic mass is 79.9. The second-order valence-corrected chi connectivity index (χ2v) is 6.55. The number of hydrogen-bond acceptors (Lipinski definition) is 2. The van der Waals surface area contributed by atoms with Crippen molar-refractivity contribution in [3.63, 3.8) is 0 Å². The third kappa shape index (κ3) is 3.70. The number of carbonyl (C=O) groups excluding carboxylic acids is 1. The summed E-state index contributed by atoms with van der Waals surface area (Å²) >= 11 is 9.33. The zero-order valence-electron chi connectivity index (χ0n) is 12.5. The van der Waals surface area contributed by atoms with E-state index >= 15 is 0 Å². The molecule has 4 nitrogen and oxygen atoms in total. The minimum Gasteiger partial charge on any atom is -0.387 e. The molecule has 0 radical (unpaired) electrons. The lowest BCUT2D eigenvalue weighted by Gasteiger charge is -2.03. The van der Waals surface area contributed by atoms with Gasteiger partial charge in [-0.25, -0.2) is 0 Å². The lowest BCUT2D eigenvalue weighted by Crippen LogP contribution is -2.15. The van der Waals surface area contributed by atoms with Crippen molar-refractivity contribution < 1.29 is 9.90 Å². The number of anilines is 1. The van der Waals surface area contributed by atoms with Crippen molar-refractivity contribution in [1.29, 1.82) is 0 Å². The number of carbonyl (C=O) groups is 1. The van der Waals surface area contributed by atoms with Crippen LogP contribution < -0.4 is 5.32 Å². The molecule has 24 heavy (non-hydrogen) atoms. The molecule has 1 aromatic heterocycles. The summed E-state index contributed by atoms with van der Waals surface area (Å²) in [6.07, 6.45) is 3.80. The van der Waals surface area contributed by atoms with Gasteiger partial charge in [-0.15, -0.1) is 0 Å². The number of aromatic amines is 1.